The molecule has 0 saturated carbocycles. The third-order valence-electron chi connectivity index (χ3n) is 7.91. The molecule has 0 N–H and O–H groups in total. The van der Waals surface area contributed by atoms with Crippen molar-refractivity contribution in [3.8, 4) is 0 Å². The minimum atomic E-state index is 1.04. The zero-order chi connectivity index (χ0) is 25.1. The molecule has 1 radical (unpaired) electrons. The lowest BCUT2D eigenvalue weighted by Crippen LogP contribution is -2.23. The van der Waals surface area contributed by atoms with Crippen molar-refractivity contribution in [2.45, 2.75) is 26.6 Å². The molecule has 1 aliphatic heterocycles. The zero-order valence-corrected chi connectivity index (χ0v) is 22.0. The van der Waals surface area contributed by atoms with Crippen molar-refractivity contribution in [1.82, 2.24) is 0 Å². The summed E-state index contributed by atoms with van der Waals surface area (Å²) in [5.41, 5.74) is 11.2. The molecule has 0 atom stereocenters. The molecular formula is C34H27BNS. The number of hydrogen-bond donors (Lipinski definition) is 0. The largest absolute Gasteiger partial charge is 0.309 e. The van der Waals surface area contributed by atoms with Crippen molar-refractivity contribution in [2.24, 2.45) is 0 Å². The highest BCUT2D eigenvalue weighted by Crippen LogP contribution is 2.48. The van der Waals surface area contributed by atoms with Gasteiger partial charge in [-0.05, 0) is 71.0 Å². The first-order valence-corrected chi connectivity index (χ1v) is 13.8. The van der Waals surface area contributed by atoms with Crippen LogP contribution in [-0.2, 0) is 6.42 Å². The molecule has 2 aliphatic rings. The quantitative estimate of drug-likeness (QED) is 0.228. The summed E-state index contributed by atoms with van der Waals surface area (Å²) in [6.07, 6.45) is 9.23. The average Bonchev–Trinajstić information content (AvgIpc) is 3.33. The van der Waals surface area contributed by atoms with Crippen LogP contribution in [0.4, 0.5) is 5.69 Å². The number of hydrogen-bond acceptors (Lipinski definition) is 2. The minimum absolute atomic E-state index is 1.04. The molecule has 0 amide bonds. The van der Waals surface area contributed by atoms with Crippen LogP contribution in [0.25, 0.3) is 44.4 Å². The Kier molecular flexibility index (Phi) is 5.23. The smallest absolute Gasteiger partial charge is 0.148 e. The van der Waals surface area contributed by atoms with Gasteiger partial charge in [-0.15, -0.1) is 11.3 Å². The average molecular weight is 492 g/mol. The second-order valence-electron chi connectivity index (χ2n) is 9.95. The number of allylic oxidation sites excluding steroid dienone is 1. The van der Waals surface area contributed by atoms with Gasteiger partial charge in [0.1, 0.15) is 7.28 Å². The molecular weight excluding hydrogens is 465 g/mol. The molecule has 3 heteroatoms. The molecule has 0 unspecified atom stereocenters. The van der Waals surface area contributed by atoms with Crippen LogP contribution in [0.1, 0.15) is 39.1 Å². The van der Waals surface area contributed by atoms with Crippen molar-refractivity contribution in [3.63, 3.8) is 0 Å². The van der Waals surface area contributed by atoms with E-state index in [1.807, 2.05) is 11.3 Å². The van der Waals surface area contributed by atoms with Crippen molar-refractivity contribution in [2.75, 3.05) is 4.90 Å². The van der Waals surface area contributed by atoms with Gasteiger partial charge in [-0.2, -0.15) is 0 Å². The Morgan fingerprint density at radius 3 is 2.51 bits per heavy atom. The fourth-order valence-electron chi connectivity index (χ4n) is 5.92. The highest BCUT2D eigenvalue weighted by Gasteiger charge is 2.29. The lowest BCUT2D eigenvalue weighted by molar-refractivity contribution is 0.990. The second kappa shape index (κ2) is 8.64. The molecule has 0 saturated heterocycles. The topological polar surface area (TPSA) is 3.24 Å². The molecule has 37 heavy (non-hydrogen) atoms. The van der Waals surface area contributed by atoms with Gasteiger partial charge in [0, 0.05) is 21.3 Å². The van der Waals surface area contributed by atoms with Gasteiger partial charge in [0.2, 0.25) is 0 Å². The number of benzene rings is 4. The van der Waals surface area contributed by atoms with E-state index in [2.05, 4.69) is 124 Å². The first kappa shape index (κ1) is 22.4. The fourth-order valence-corrected chi connectivity index (χ4v) is 7.06. The normalized spacial score (nSPS) is 14.6. The summed E-state index contributed by atoms with van der Waals surface area (Å²) >= 11 is 1.84. The van der Waals surface area contributed by atoms with Crippen LogP contribution in [0, 0.1) is 6.92 Å². The molecule has 0 bridgehead atoms. The van der Waals surface area contributed by atoms with Gasteiger partial charge in [0.25, 0.3) is 0 Å². The standard InChI is InChI=1S/C34H27BNS/c1-21-26-17-14-23-8-4-5-9-27(23)28(26)18-19-31(21)36-22(2)34-30(29-10-6-7-11-33(29)37-34)20-32(36)24-12-15-25(35-3)16-13-24/h5-7,9-20H,2,4,8H2,1,3H3. The Morgan fingerprint density at radius 2 is 1.68 bits per heavy atom. The monoisotopic (exact) mass is 492 g/mol. The summed E-state index contributed by atoms with van der Waals surface area (Å²) < 4.78 is 1.30. The van der Waals surface area contributed by atoms with E-state index in [0.717, 1.165) is 18.5 Å². The summed E-state index contributed by atoms with van der Waals surface area (Å²) in [6, 6.07) is 26.8. The van der Waals surface area contributed by atoms with Gasteiger partial charge in [-0.1, -0.05) is 91.7 Å². The Bertz CT molecular complexity index is 1790. The molecule has 7 rings (SSSR count). The zero-order valence-electron chi connectivity index (χ0n) is 21.2. The highest BCUT2D eigenvalue weighted by molar-refractivity contribution is 7.20. The maximum absolute atomic E-state index is 4.69. The van der Waals surface area contributed by atoms with Crippen LogP contribution in [0.2, 0.25) is 6.82 Å². The minimum Gasteiger partial charge on any atom is -0.309 e. The third kappa shape index (κ3) is 3.45. The first-order chi connectivity index (χ1) is 18.1. The molecule has 0 spiro atoms. The van der Waals surface area contributed by atoms with Crippen molar-refractivity contribution >= 4 is 74.2 Å². The van der Waals surface area contributed by atoms with Crippen LogP contribution in [0.15, 0.2) is 85.5 Å². The number of anilines is 1. The number of rotatable bonds is 3. The summed E-state index contributed by atoms with van der Waals surface area (Å²) in [7, 11) is 2.14. The SMILES string of the molecule is C=C1c2sc3ccccc3c2C=C(c2ccc([B]C)cc2)N1c1ccc2c3c(ccc2c1C)CCC=C3. The summed E-state index contributed by atoms with van der Waals surface area (Å²) in [4.78, 5) is 3.63. The molecule has 0 fully saturated rings. The lowest BCUT2D eigenvalue weighted by Gasteiger charge is -2.34. The fraction of sp³-hybridized carbons (Fsp3) is 0.118. The van der Waals surface area contributed by atoms with Crippen molar-refractivity contribution in [3.05, 3.63) is 118 Å². The lowest BCUT2D eigenvalue weighted by atomic mass is 9.73. The summed E-state index contributed by atoms with van der Waals surface area (Å²) in [5, 5.41) is 3.95. The van der Waals surface area contributed by atoms with E-state index < -0.39 is 0 Å². The van der Waals surface area contributed by atoms with E-state index in [4.69, 9.17) is 0 Å². The summed E-state index contributed by atoms with van der Waals surface area (Å²) in [6.45, 7) is 9.03. The van der Waals surface area contributed by atoms with Crippen LogP contribution >= 0.6 is 11.3 Å². The number of nitrogens with zero attached hydrogens (tertiary/aromatic N) is 1. The Morgan fingerprint density at radius 1 is 0.865 bits per heavy atom. The van der Waals surface area contributed by atoms with Crippen LogP contribution in [0.5, 0.6) is 0 Å². The van der Waals surface area contributed by atoms with E-state index in [9.17, 15) is 0 Å². The first-order valence-electron chi connectivity index (χ1n) is 13.0. The molecule has 1 aliphatic carbocycles. The van der Waals surface area contributed by atoms with E-state index >= 15 is 0 Å². The van der Waals surface area contributed by atoms with Crippen molar-refractivity contribution < 1.29 is 0 Å². The van der Waals surface area contributed by atoms with Gasteiger partial charge < -0.3 is 4.90 Å². The Hall–Kier alpha value is -3.82. The number of thiophene rings is 1. The molecule has 1 nitrogen and oxygen atoms in total. The van der Waals surface area contributed by atoms with Gasteiger partial charge in [0.15, 0.2) is 0 Å². The Balaban J connectivity index is 1.46. The van der Waals surface area contributed by atoms with Crippen LogP contribution in [-0.4, -0.2) is 7.28 Å². The predicted octanol–water partition coefficient (Wildman–Crippen LogP) is 8.69. The van der Waals surface area contributed by atoms with Crippen molar-refractivity contribution in [1.29, 1.82) is 0 Å². The molecule has 1 aromatic heterocycles. The maximum Gasteiger partial charge on any atom is 0.148 e. The number of aryl methyl sites for hydroxylation is 2. The maximum atomic E-state index is 4.69. The van der Waals surface area contributed by atoms with E-state index in [-0.39, 0.29) is 0 Å². The molecule has 2 heterocycles. The predicted molar refractivity (Wildman–Crippen MR) is 165 cm³/mol. The van der Waals surface area contributed by atoms with Crippen LogP contribution in [0.3, 0.4) is 0 Å². The van der Waals surface area contributed by atoms with Gasteiger partial charge in [-0.25, -0.2) is 0 Å². The molecule has 177 valence electrons. The van der Waals surface area contributed by atoms with E-state index in [1.165, 1.54) is 70.4 Å². The number of fused-ring (bicyclic) bond motifs is 6. The summed E-state index contributed by atoms with van der Waals surface area (Å²) in [5.74, 6) is 0. The van der Waals surface area contributed by atoms with Gasteiger partial charge in [0.05, 0.1) is 16.3 Å². The highest BCUT2D eigenvalue weighted by atomic mass is 32.1. The van der Waals surface area contributed by atoms with E-state index in [1.54, 1.807) is 0 Å². The van der Waals surface area contributed by atoms with Gasteiger partial charge in [-0.3, -0.25) is 0 Å². The third-order valence-corrected chi connectivity index (χ3v) is 9.14. The van der Waals surface area contributed by atoms with Crippen LogP contribution < -0.4 is 10.4 Å². The van der Waals surface area contributed by atoms with E-state index in [0.29, 0.717) is 0 Å². The second-order valence-corrected chi connectivity index (χ2v) is 11.0. The van der Waals surface area contributed by atoms with Gasteiger partial charge >= 0.3 is 0 Å². The molecule has 5 aromatic rings. The molecule has 4 aromatic carbocycles. The Labute approximate surface area is 223 Å².